The van der Waals surface area contributed by atoms with Crippen LogP contribution in [0.3, 0.4) is 0 Å². The smallest absolute Gasteiger partial charge is 0.132 e. The molecule has 0 aromatic heterocycles. The number of rotatable bonds is 3. The number of para-hydroxylation sites is 1. The average molecular weight is 208 g/mol. The van der Waals surface area contributed by atoms with E-state index in [4.69, 9.17) is 11.6 Å². The SMILES string of the molecule is CC/C=C(/C)C(Cl)=Nc1ccccc1. The van der Waals surface area contributed by atoms with E-state index in [1.165, 1.54) is 0 Å². The third-order valence-corrected chi connectivity index (χ3v) is 2.20. The predicted molar refractivity (Wildman–Crippen MR) is 63.4 cm³/mol. The quantitative estimate of drug-likeness (QED) is 0.655. The molecule has 0 atom stereocenters. The fourth-order valence-electron chi connectivity index (χ4n) is 1.09. The molecule has 0 unspecified atom stereocenters. The van der Waals surface area contributed by atoms with Crippen LogP contribution in [0.5, 0.6) is 0 Å². The largest absolute Gasteiger partial charge is 0.236 e. The zero-order valence-electron chi connectivity index (χ0n) is 8.50. The van der Waals surface area contributed by atoms with Crippen molar-refractivity contribution in [2.75, 3.05) is 0 Å². The van der Waals surface area contributed by atoms with Crippen molar-refractivity contribution in [3.63, 3.8) is 0 Å². The van der Waals surface area contributed by atoms with Crippen molar-refractivity contribution >= 4 is 22.5 Å². The molecule has 0 spiro atoms. The molecule has 14 heavy (non-hydrogen) atoms. The van der Waals surface area contributed by atoms with Gasteiger partial charge in [0, 0.05) is 0 Å². The molecule has 0 saturated heterocycles. The van der Waals surface area contributed by atoms with E-state index in [9.17, 15) is 0 Å². The van der Waals surface area contributed by atoms with E-state index >= 15 is 0 Å². The van der Waals surface area contributed by atoms with Gasteiger partial charge in [0.1, 0.15) is 5.17 Å². The van der Waals surface area contributed by atoms with Gasteiger partial charge in [-0.15, -0.1) is 0 Å². The minimum Gasteiger partial charge on any atom is -0.236 e. The van der Waals surface area contributed by atoms with E-state index in [0.717, 1.165) is 17.7 Å². The van der Waals surface area contributed by atoms with E-state index < -0.39 is 0 Å². The number of allylic oxidation sites excluding steroid dienone is 2. The van der Waals surface area contributed by atoms with Crippen LogP contribution in [0.2, 0.25) is 0 Å². The van der Waals surface area contributed by atoms with Gasteiger partial charge in [-0.3, -0.25) is 0 Å². The second-order valence-corrected chi connectivity index (χ2v) is 3.39. The molecule has 0 aliphatic heterocycles. The minimum absolute atomic E-state index is 0.568. The zero-order valence-corrected chi connectivity index (χ0v) is 9.25. The molecule has 0 N–H and O–H groups in total. The number of nitrogens with zero attached hydrogens (tertiary/aromatic N) is 1. The van der Waals surface area contributed by atoms with Gasteiger partial charge in [0.15, 0.2) is 0 Å². The second kappa shape index (κ2) is 5.61. The van der Waals surface area contributed by atoms with Crippen LogP contribution in [0.15, 0.2) is 47.0 Å². The minimum atomic E-state index is 0.568. The molecule has 0 aliphatic rings. The highest BCUT2D eigenvalue weighted by atomic mass is 35.5. The van der Waals surface area contributed by atoms with Crippen LogP contribution in [0.25, 0.3) is 0 Å². The maximum absolute atomic E-state index is 6.03. The first kappa shape index (κ1) is 11.0. The van der Waals surface area contributed by atoms with Crippen molar-refractivity contribution in [3.8, 4) is 0 Å². The monoisotopic (exact) mass is 207 g/mol. The van der Waals surface area contributed by atoms with Gasteiger partial charge >= 0.3 is 0 Å². The molecule has 1 aromatic rings. The first-order chi connectivity index (χ1) is 6.74. The average Bonchev–Trinajstić information content (AvgIpc) is 2.19. The lowest BCUT2D eigenvalue weighted by Crippen LogP contribution is -1.88. The van der Waals surface area contributed by atoms with Crippen molar-refractivity contribution in [1.82, 2.24) is 0 Å². The van der Waals surface area contributed by atoms with Crippen LogP contribution >= 0.6 is 11.6 Å². The lowest BCUT2D eigenvalue weighted by molar-refractivity contribution is 1.20. The summed E-state index contributed by atoms with van der Waals surface area (Å²) in [5.41, 5.74) is 1.92. The molecule has 0 aliphatic carbocycles. The Morgan fingerprint density at radius 2 is 2.00 bits per heavy atom. The summed E-state index contributed by atoms with van der Waals surface area (Å²) in [7, 11) is 0. The van der Waals surface area contributed by atoms with E-state index in [1.54, 1.807) is 0 Å². The first-order valence-corrected chi connectivity index (χ1v) is 5.08. The Labute approximate surface area is 90.1 Å². The van der Waals surface area contributed by atoms with Crippen molar-refractivity contribution in [1.29, 1.82) is 0 Å². The molecule has 1 nitrogen and oxygen atoms in total. The maximum Gasteiger partial charge on any atom is 0.132 e. The lowest BCUT2D eigenvalue weighted by atomic mass is 10.2. The van der Waals surface area contributed by atoms with Gasteiger partial charge in [-0.1, -0.05) is 42.8 Å². The number of aliphatic imine (C=N–C) groups is 1. The highest BCUT2D eigenvalue weighted by molar-refractivity contribution is 6.69. The summed E-state index contributed by atoms with van der Waals surface area (Å²) in [5, 5.41) is 0.568. The van der Waals surface area contributed by atoms with Crippen LogP contribution in [0, 0.1) is 0 Å². The van der Waals surface area contributed by atoms with E-state index in [-0.39, 0.29) is 0 Å². The molecule has 0 radical (unpaired) electrons. The van der Waals surface area contributed by atoms with Gasteiger partial charge in [0.05, 0.1) is 5.69 Å². The topological polar surface area (TPSA) is 12.4 Å². The Morgan fingerprint density at radius 3 is 2.57 bits per heavy atom. The molecular weight excluding hydrogens is 194 g/mol. The second-order valence-electron chi connectivity index (χ2n) is 3.03. The van der Waals surface area contributed by atoms with Gasteiger partial charge in [0.2, 0.25) is 0 Å². The van der Waals surface area contributed by atoms with Crippen molar-refractivity contribution < 1.29 is 0 Å². The summed E-state index contributed by atoms with van der Waals surface area (Å²) in [4.78, 5) is 4.29. The fourth-order valence-corrected chi connectivity index (χ4v) is 1.27. The molecule has 1 rings (SSSR count). The molecule has 0 heterocycles. The van der Waals surface area contributed by atoms with Gasteiger partial charge in [0.25, 0.3) is 0 Å². The zero-order chi connectivity index (χ0) is 10.4. The first-order valence-electron chi connectivity index (χ1n) is 4.70. The number of benzene rings is 1. The van der Waals surface area contributed by atoms with E-state index in [2.05, 4.69) is 18.0 Å². The Hall–Kier alpha value is -1.08. The fraction of sp³-hybridized carbons (Fsp3) is 0.250. The highest BCUT2D eigenvalue weighted by Crippen LogP contribution is 2.14. The Kier molecular flexibility index (Phi) is 4.41. The van der Waals surface area contributed by atoms with Crippen LogP contribution in [-0.4, -0.2) is 5.17 Å². The normalized spacial score (nSPS) is 13.1. The van der Waals surface area contributed by atoms with Crippen molar-refractivity contribution in [2.24, 2.45) is 4.99 Å². The molecule has 74 valence electrons. The Balaban J connectivity index is 2.84. The number of hydrogen-bond donors (Lipinski definition) is 0. The molecule has 2 heteroatoms. The van der Waals surface area contributed by atoms with Crippen LogP contribution in [0.1, 0.15) is 20.3 Å². The molecular formula is C12H14ClN. The summed E-state index contributed by atoms with van der Waals surface area (Å²) in [6.07, 6.45) is 3.04. The maximum atomic E-state index is 6.03. The lowest BCUT2D eigenvalue weighted by Gasteiger charge is -1.98. The third-order valence-electron chi connectivity index (χ3n) is 1.82. The van der Waals surface area contributed by atoms with Gasteiger partial charge < -0.3 is 0 Å². The van der Waals surface area contributed by atoms with Crippen molar-refractivity contribution in [3.05, 3.63) is 42.0 Å². The highest BCUT2D eigenvalue weighted by Gasteiger charge is 1.96. The van der Waals surface area contributed by atoms with Crippen LogP contribution in [-0.2, 0) is 0 Å². The Bertz CT molecular complexity index is 339. The van der Waals surface area contributed by atoms with Gasteiger partial charge in [-0.2, -0.15) is 0 Å². The third kappa shape index (κ3) is 3.35. The summed E-state index contributed by atoms with van der Waals surface area (Å²) in [5.74, 6) is 0. The summed E-state index contributed by atoms with van der Waals surface area (Å²) >= 11 is 6.03. The molecule has 0 amide bonds. The predicted octanol–water partition coefficient (Wildman–Crippen LogP) is 4.31. The number of halogens is 1. The molecule has 0 saturated carbocycles. The van der Waals surface area contributed by atoms with Crippen molar-refractivity contribution in [2.45, 2.75) is 20.3 Å². The number of hydrogen-bond acceptors (Lipinski definition) is 1. The molecule has 1 aromatic carbocycles. The summed E-state index contributed by atoms with van der Waals surface area (Å²) in [6.45, 7) is 4.05. The van der Waals surface area contributed by atoms with E-state index in [0.29, 0.717) is 5.17 Å². The standard InChI is InChI=1S/C12H14ClN/c1-3-7-10(2)12(13)14-11-8-5-4-6-9-11/h4-9H,3H2,1-2H3/b10-7-,14-12?. The van der Waals surface area contributed by atoms with Gasteiger partial charge in [-0.05, 0) is 31.1 Å². The van der Waals surface area contributed by atoms with Crippen LogP contribution in [0.4, 0.5) is 5.69 Å². The van der Waals surface area contributed by atoms with Crippen LogP contribution < -0.4 is 0 Å². The van der Waals surface area contributed by atoms with Gasteiger partial charge in [-0.25, -0.2) is 4.99 Å². The molecule has 0 fully saturated rings. The summed E-state index contributed by atoms with van der Waals surface area (Å²) < 4.78 is 0. The Morgan fingerprint density at radius 1 is 1.36 bits per heavy atom. The van der Waals surface area contributed by atoms with E-state index in [1.807, 2.05) is 37.3 Å². The summed E-state index contributed by atoms with van der Waals surface area (Å²) in [6, 6.07) is 9.72. The molecule has 0 bridgehead atoms.